The van der Waals surface area contributed by atoms with E-state index in [1.807, 2.05) is 0 Å². The molecule has 106 valence electrons. The number of phenols is 1. The van der Waals surface area contributed by atoms with Crippen molar-refractivity contribution in [1.82, 2.24) is 4.72 Å². The number of benzene rings is 1. The first-order chi connectivity index (χ1) is 8.81. The van der Waals surface area contributed by atoms with E-state index < -0.39 is 10.0 Å². The average Bonchev–Trinajstić information content (AvgIpc) is 2.64. The van der Waals surface area contributed by atoms with Crippen LogP contribution in [0.4, 0.5) is 5.69 Å². The third-order valence-corrected chi connectivity index (χ3v) is 5.57. The smallest absolute Gasteiger partial charge is 0.240 e. The van der Waals surface area contributed by atoms with Crippen LogP contribution in [0.3, 0.4) is 0 Å². The third-order valence-electron chi connectivity index (χ3n) is 4.08. The molecule has 0 heterocycles. The highest BCUT2D eigenvalue weighted by molar-refractivity contribution is 7.89. The molecule has 5 nitrogen and oxygen atoms in total. The number of aromatic hydroxyl groups is 1. The van der Waals surface area contributed by atoms with Crippen molar-refractivity contribution in [2.24, 2.45) is 11.8 Å². The molecule has 1 aliphatic carbocycles. The summed E-state index contributed by atoms with van der Waals surface area (Å²) in [7, 11) is -3.58. The predicted octanol–water partition coefficient (Wildman–Crippen LogP) is 1.69. The van der Waals surface area contributed by atoms with Crippen LogP contribution >= 0.6 is 0 Å². The molecule has 1 aliphatic rings. The van der Waals surface area contributed by atoms with E-state index in [2.05, 4.69) is 18.6 Å². The van der Waals surface area contributed by atoms with Crippen molar-refractivity contribution in [3.05, 3.63) is 18.2 Å². The van der Waals surface area contributed by atoms with Gasteiger partial charge in [0.1, 0.15) is 5.75 Å². The molecule has 4 N–H and O–H groups in total. The molecular formula is C13H20N2O3S. The number of hydrogen-bond acceptors (Lipinski definition) is 4. The van der Waals surface area contributed by atoms with Crippen LogP contribution in [0, 0.1) is 11.8 Å². The average molecular weight is 284 g/mol. The van der Waals surface area contributed by atoms with Gasteiger partial charge >= 0.3 is 0 Å². The predicted molar refractivity (Wildman–Crippen MR) is 74.2 cm³/mol. The van der Waals surface area contributed by atoms with Gasteiger partial charge in [-0.15, -0.1) is 0 Å². The molecule has 1 fully saturated rings. The topological polar surface area (TPSA) is 92.4 Å². The molecule has 0 radical (unpaired) electrons. The second-order valence-corrected chi connectivity index (χ2v) is 7.08. The minimum absolute atomic E-state index is 0.0324. The highest BCUT2D eigenvalue weighted by atomic mass is 32.2. The van der Waals surface area contributed by atoms with Crippen LogP contribution in [0.15, 0.2) is 23.1 Å². The van der Waals surface area contributed by atoms with E-state index in [-0.39, 0.29) is 22.4 Å². The molecule has 1 aromatic carbocycles. The van der Waals surface area contributed by atoms with Crippen LogP contribution in [0.5, 0.6) is 5.75 Å². The summed E-state index contributed by atoms with van der Waals surface area (Å²) in [5.41, 5.74) is 5.60. The fraction of sp³-hybridized carbons (Fsp3) is 0.538. The van der Waals surface area contributed by atoms with E-state index in [1.54, 1.807) is 0 Å². The van der Waals surface area contributed by atoms with Gasteiger partial charge in [-0.1, -0.05) is 13.8 Å². The molecule has 3 atom stereocenters. The van der Waals surface area contributed by atoms with E-state index in [0.29, 0.717) is 11.8 Å². The Balaban J connectivity index is 2.21. The Morgan fingerprint density at radius 3 is 2.53 bits per heavy atom. The first kappa shape index (κ1) is 14.1. The lowest BCUT2D eigenvalue weighted by atomic mass is 9.98. The number of nitrogens with one attached hydrogen (secondary N) is 1. The number of hydrogen-bond donors (Lipinski definition) is 3. The number of nitrogen functional groups attached to an aromatic ring is 1. The van der Waals surface area contributed by atoms with Crippen molar-refractivity contribution in [3.8, 4) is 5.75 Å². The van der Waals surface area contributed by atoms with Gasteiger partial charge in [0.05, 0.1) is 10.6 Å². The Morgan fingerprint density at radius 2 is 2.00 bits per heavy atom. The summed E-state index contributed by atoms with van der Waals surface area (Å²) in [5.74, 6) is 0.739. The zero-order valence-corrected chi connectivity index (χ0v) is 11.9. The highest BCUT2D eigenvalue weighted by Gasteiger charge is 2.33. The largest absolute Gasteiger partial charge is 0.506 e. The van der Waals surface area contributed by atoms with Crippen LogP contribution in [0.1, 0.15) is 26.7 Å². The van der Waals surface area contributed by atoms with Crippen molar-refractivity contribution in [3.63, 3.8) is 0 Å². The normalized spacial score (nSPS) is 27.6. The number of anilines is 1. The van der Waals surface area contributed by atoms with Gasteiger partial charge in [-0.3, -0.25) is 0 Å². The first-order valence-corrected chi connectivity index (χ1v) is 7.90. The molecular weight excluding hydrogens is 264 g/mol. The minimum atomic E-state index is -3.58. The van der Waals surface area contributed by atoms with Crippen molar-refractivity contribution in [2.45, 2.75) is 37.6 Å². The Bertz CT molecular complexity index is 571. The molecule has 3 unspecified atom stereocenters. The molecule has 1 aromatic rings. The van der Waals surface area contributed by atoms with Gasteiger partial charge in [0.15, 0.2) is 0 Å². The number of nitrogens with two attached hydrogens (primary N) is 1. The Morgan fingerprint density at radius 1 is 1.32 bits per heavy atom. The quantitative estimate of drug-likeness (QED) is 0.581. The molecule has 0 aliphatic heterocycles. The summed E-state index contributed by atoms with van der Waals surface area (Å²) in [6.07, 6.45) is 1.89. The van der Waals surface area contributed by atoms with Gasteiger partial charge in [-0.05, 0) is 42.9 Å². The van der Waals surface area contributed by atoms with E-state index >= 15 is 0 Å². The molecule has 0 spiro atoms. The lowest BCUT2D eigenvalue weighted by molar-refractivity contribution is 0.402. The molecule has 0 aromatic heterocycles. The van der Waals surface area contributed by atoms with Crippen LogP contribution in [-0.4, -0.2) is 19.6 Å². The standard InChI is InChI=1S/C13H20N2O3S/c1-8-3-5-12(9(8)2)15-19(17,18)10-4-6-13(16)11(14)7-10/h4,6-9,12,15-16H,3,5,14H2,1-2H3. The summed E-state index contributed by atoms with van der Waals surface area (Å²) in [4.78, 5) is 0.0922. The van der Waals surface area contributed by atoms with Gasteiger partial charge in [0.2, 0.25) is 10.0 Å². The van der Waals surface area contributed by atoms with Gasteiger partial charge < -0.3 is 10.8 Å². The maximum Gasteiger partial charge on any atom is 0.240 e. The molecule has 0 amide bonds. The lowest BCUT2D eigenvalue weighted by Crippen LogP contribution is -2.37. The van der Waals surface area contributed by atoms with Crippen LogP contribution in [0.25, 0.3) is 0 Å². The third kappa shape index (κ3) is 2.84. The van der Waals surface area contributed by atoms with Crippen LogP contribution < -0.4 is 10.5 Å². The Hall–Kier alpha value is -1.27. The van der Waals surface area contributed by atoms with E-state index in [0.717, 1.165) is 12.8 Å². The molecule has 6 heteroatoms. The summed E-state index contributed by atoms with van der Waals surface area (Å²) >= 11 is 0. The van der Waals surface area contributed by atoms with Gasteiger partial charge in [0.25, 0.3) is 0 Å². The van der Waals surface area contributed by atoms with Crippen LogP contribution in [-0.2, 0) is 10.0 Å². The SMILES string of the molecule is CC1CCC(NS(=O)(=O)c2ccc(O)c(N)c2)C1C. The Labute approximate surface area is 113 Å². The Kier molecular flexibility index (Phi) is 3.73. The van der Waals surface area contributed by atoms with Crippen LogP contribution in [0.2, 0.25) is 0 Å². The lowest BCUT2D eigenvalue weighted by Gasteiger charge is -2.19. The number of sulfonamides is 1. The maximum atomic E-state index is 12.3. The van der Waals surface area contributed by atoms with Gasteiger partial charge in [0, 0.05) is 6.04 Å². The van der Waals surface area contributed by atoms with Crippen molar-refractivity contribution >= 4 is 15.7 Å². The highest BCUT2D eigenvalue weighted by Crippen LogP contribution is 2.32. The second-order valence-electron chi connectivity index (χ2n) is 5.36. The number of phenolic OH excluding ortho intramolecular Hbond substituents is 1. The van der Waals surface area contributed by atoms with Crippen molar-refractivity contribution in [1.29, 1.82) is 0 Å². The fourth-order valence-corrected chi connectivity index (χ4v) is 3.89. The van der Waals surface area contributed by atoms with Crippen molar-refractivity contribution in [2.75, 3.05) is 5.73 Å². The molecule has 19 heavy (non-hydrogen) atoms. The number of rotatable bonds is 3. The first-order valence-electron chi connectivity index (χ1n) is 6.42. The van der Waals surface area contributed by atoms with E-state index in [9.17, 15) is 13.5 Å². The second kappa shape index (κ2) is 5.02. The molecule has 2 rings (SSSR count). The molecule has 1 saturated carbocycles. The van der Waals surface area contributed by atoms with E-state index in [1.165, 1.54) is 18.2 Å². The summed E-state index contributed by atoms with van der Waals surface area (Å²) in [6.45, 7) is 4.20. The fourth-order valence-electron chi connectivity index (χ4n) is 2.50. The summed E-state index contributed by atoms with van der Waals surface area (Å²) in [6, 6.07) is 3.90. The summed E-state index contributed by atoms with van der Waals surface area (Å²) in [5, 5.41) is 9.33. The van der Waals surface area contributed by atoms with E-state index in [4.69, 9.17) is 5.73 Å². The zero-order valence-electron chi connectivity index (χ0n) is 11.1. The summed E-state index contributed by atoms with van der Waals surface area (Å²) < 4.78 is 27.2. The monoisotopic (exact) mass is 284 g/mol. The van der Waals surface area contributed by atoms with Crippen molar-refractivity contribution < 1.29 is 13.5 Å². The van der Waals surface area contributed by atoms with Gasteiger partial charge in [-0.25, -0.2) is 13.1 Å². The minimum Gasteiger partial charge on any atom is -0.506 e. The van der Waals surface area contributed by atoms with Gasteiger partial charge in [-0.2, -0.15) is 0 Å². The zero-order chi connectivity index (χ0) is 14.2. The molecule has 0 saturated heterocycles. The molecule has 0 bridgehead atoms. The maximum absolute atomic E-state index is 12.3.